The maximum atomic E-state index is 10.9. The fourth-order valence-corrected chi connectivity index (χ4v) is 1.68. The van der Waals surface area contributed by atoms with Crippen LogP contribution in [0.4, 0.5) is 0 Å². The van der Waals surface area contributed by atoms with Gasteiger partial charge in [-0.05, 0) is 12.3 Å². The van der Waals surface area contributed by atoms with Crippen LogP contribution in [-0.4, -0.2) is 22.5 Å². The van der Waals surface area contributed by atoms with Crippen LogP contribution in [0.1, 0.15) is 51.9 Å². The summed E-state index contributed by atoms with van der Waals surface area (Å²) in [7, 11) is 0. The van der Waals surface area contributed by atoms with Crippen LogP contribution in [0.25, 0.3) is 0 Å². The summed E-state index contributed by atoms with van der Waals surface area (Å²) < 4.78 is 0. The van der Waals surface area contributed by atoms with E-state index in [4.69, 9.17) is 10.5 Å². The van der Waals surface area contributed by atoms with Crippen molar-refractivity contribution in [1.29, 1.82) is 0 Å². The molecule has 0 rings (SSSR count). The lowest BCUT2D eigenvalue weighted by Gasteiger charge is -2.12. The molecule has 0 aromatic rings. The van der Waals surface area contributed by atoms with Crippen LogP contribution in [0.5, 0.6) is 0 Å². The number of unbranched alkanes of at least 4 members (excludes halogenated alkanes) is 3. The fraction of sp³-hybridized carbons (Fsp3) is 0.818. The lowest BCUT2D eigenvalue weighted by molar-refractivity contribution is -0.238. The molecule has 0 unspecified atom stereocenters. The van der Waals surface area contributed by atoms with Gasteiger partial charge in [0.2, 0.25) is 0 Å². The molecule has 0 saturated heterocycles. The van der Waals surface area contributed by atoms with Crippen LogP contribution >= 0.6 is 0 Å². The maximum absolute atomic E-state index is 10.9. The van der Waals surface area contributed by atoms with E-state index in [1.807, 2.05) is 0 Å². The average molecular weight is 248 g/mol. The van der Waals surface area contributed by atoms with Crippen LogP contribution in [0.2, 0.25) is 0 Å². The zero-order valence-electron chi connectivity index (χ0n) is 10.1. The monoisotopic (exact) mass is 248 g/mol. The number of carbonyl (C=O) groups excluding carboxylic acids is 2. The van der Waals surface area contributed by atoms with Gasteiger partial charge in [-0.1, -0.05) is 32.6 Å². The molecule has 2 N–H and O–H groups in total. The fourth-order valence-electron chi connectivity index (χ4n) is 1.68. The standard InChI is InChI=1S/C11H20O6/c1-2-3-4-5-6-9(7-10(12)16-14)8-11(13)17-15/h9,14-15H,2-8H2,1H3. The molecule has 6 heteroatoms. The summed E-state index contributed by atoms with van der Waals surface area (Å²) in [4.78, 5) is 28.9. The Morgan fingerprint density at radius 1 is 1.00 bits per heavy atom. The van der Waals surface area contributed by atoms with Crippen molar-refractivity contribution < 1.29 is 29.9 Å². The summed E-state index contributed by atoms with van der Waals surface area (Å²) in [5.74, 6) is -1.83. The zero-order chi connectivity index (χ0) is 13.1. The summed E-state index contributed by atoms with van der Waals surface area (Å²) in [6.45, 7) is 2.09. The average Bonchev–Trinajstić information content (AvgIpc) is 2.33. The van der Waals surface area contributed by atoms with E-state index in [1.165, 1.54) is 0 Å². The van der Waals surface area contributed by atoms with Crippen molar-refractivity contribution in [2.45, 2.75) is 51.9 Å². The van der Waals surface area contributed by atoms with Crippen molar-refractivity contribution in [3.8, 4) is 0 Å². The van der Waals surface area contributed by atoms with E-state index in [-0.39, 0.29) is 18.8 Å². The molecule has 0 aromatic heterocycles. The Labute approximate surface area is 100 Å². The quantitative estimate of drug-likeness (QED) is 0.369. The first-order valence-electron chi connectivity index (χ1n) is 5.82. The van der Waals surface area contributed by atoms with Gasteiger partial charge in [-0.2, -0.15) is 10.5 Å². The molecule has 0 radical (unpaired) electrons. The van der Waals surface area contributed by atoms with Crippen LogP contribution in [0.3, 0.4) is 0 Å². The Morgan fingerprint density at radius 3 is 1.94 bits per heavy atom. The molecule has 0 aliphatic rings. The van der Waals surface area contributed by atoms with Gasteiger partial charge in [0.15, 0.2) is 0 Å². The van der Waals surface area contributed by atoms with Crippen LogP contribution < -0.4 is 0 Å². The Balaban J connectivity index is 4.01. The number of rotatable bonds is 9. The topological polar surface area (TPSA) is 93.1 Å². The smallest absolute Gasteiger partial charge is 0.301 e. The molecule has 0 aliphatic carbocycles. The van der Waals surface area contributed by atoms with Crippen LogP contribution in [0.15, 0.2) is 0 Å². The second-order valence-electron chi connectivity index (χ2n) is 4.05. The Bertz CT molecular complexity index is 210. The van der Waals surface area contributed by atoms with Gasteiger partial charge in [-0.3, -0.25) is 0 Å². The third kappa shape index (κ3) is 8.65. The third-order valence-electron chi connectivity index (χ3n) is 2.58. The molecule has 17 heavy (non-hydrogen) atoms. The minimum Gasteiger partial charge on any atom is -0.301 e. The van der Waals surface area contributed by atoms with Gasteiger partial charge in [0.1, 0.15) is 0 Å². The highest BCUT2D eigenvalue weighted by Crippen LogP contribution is 2.19. The van der Waals surface area contributed by atoms with Crippen LogP contribution in [-0.2, 0) is 19.4 Å². The summed E-state index contributed by atoms with van der Waals surface area (Å²) in [5.41, 5.74) is 0. The molecular weight excluding hydrogens is 228 g/mol. The Morgan fingerprint density at radius 2 is 1.53 bits per heavy atom. The predicted octanol–water partition coefficient (Wildman–Crippen LogP) is 2.39. The van der Waals surface area contributed by atoms with Gasteiger partial charge >= 0.3 is 11.9 Å². The van der Waals surface area contributed by atoms with Crippen molar-refractivity contribution in [3.63, 3.8) is 0 Å². The molecule has 0 fully saturated rings. The molecule has 0 amide bonds. The third-order valence-corrected chi connectivity index (χ3v) is 2.58. The van der Waals surface area contributed by atoms with E-state index in [2.05, 4.69) is 16.7 Å². The summed E-state index contributed by atoms with van der Waals surface area (Å²) in [6.07, 6.45) is 4.65. The lowest BCUT2D eigenvalue weighted by atomic mass is 9.94. The Hall–Kier alpha value is -1.14. The molecule has 0 bridgehead atoms. The molecule has 0 aromatic carbocycles. The largest absolute Gasteiger partial charge is 0.342 e. The number of carbonyl (C=O) groups is 2. The van der Waals surface area contributed by atoms with Crippen LogP contribution in [0, 0.1) is 5.92 Å². The van der Waals surface area contributed by atoms with Crippen molar-refractivity contribution in [2.24, 2.45) is 5.92 Å². The van der Waals surface area contributed by atoms with Gasteiger partial charge in [0, 0.05) is 0 Å². The van der Waals surface area contributed by atoms with Gasteiger partial charge < -0.3 is 9.78 Å². The minimum atomic E-state index is -0.781. The van der Waals surface area contributed by atoms with Crippen molar-refractivity contribution >= 4 is 11.9 Å². The van der Waals surface area contributed by atoms with Gasteiger partial charge in [-0.25, -0.2) is 9.59 Å². The highest BCUT2D eigenvalue weighted by molar-refractivity contribution is 5.72. The van der Waals surface area contributed by atoms with Crippen molar-refractivity contribution in [2.75, 3.05) is 0 Å². The van der Waals surface area contributed by atoms with Crippen molar-refractivity contribution in [3.05, 3.63) is 0 Å². The predicted molar refractivity (Wildman–Crippen MR) is 58.9 cm³/mol. The zero-order valence-corrected chi connectivity index (χ0v) is 10.1. The van der Waals surface area contributed by atoms with E-state index in [1.54, 1.807) is 0 Å². The second-order valence-corrected chi connectivity index (χ2v) is 4.05. The van der Waals surface area contributed by atoms with E-state index in [0.29, 0.717) is 6.42 Å². The first-order valence-corrected chi connectivity index (χ1v) is 5.82. The highest BCUT2D eigenvalue weighted by atomic mass is 17.1. The van der Waals surface area contributed by atoms with Gasteiger partial charge in [-0.15, -0.1) is 0 Å². The molecule has 0 aliphatic heterocycles. The lowest BCUT2D eigenvalue weighted by Crippen LogP contribution is -2.15. The molecule has 100 valence electrons. The van der Waals surface area contributed by atoms with Crippen molar-refractivity contribution in [1.82, 2.24) is 0 Å². The van der Waals surface area contributed by atoms with Gasteiger partial charge in [0.05, 0.1) is 12.8 Å². The minimum absolute atomic E-state index is 0.0578. The normalized spacial score (nSPS) is 10.4. The first-order chi connectivity index (χ1) is 8.13. The second kappa shape index (κ2) is 10.0. The van der Waals surface area contributed by atoms with E-state index >= 15 is 0 Å². The summed E-state index contributed by atoms with van der Waals surface area (Å²) in [5, 5.41) is 16.3. The molecule has 0 atom stereocenters. The van der Waals surface area contributed by atoms with Gasteiger partial charge in [0.25, 0.3) is 0 Å². The number of hydrogen-bond acceptors (Lipinski definition) is 6. The van der Waals surface area contributed by atoms with E-state index < -0.39 is 11.9 Å². The molecule has 0 heterocycles. The molecular formula is C11H20O6. The summed E-state index contributed by atoms with van der Waals surface area (Å²) >= 11 is 0. The molecule has 6 nitrogen and oxygen atoms in total. The highest BCUT2D eigenvalue weighted by Gasteiger charge is 2.19. The number of hydrogen-bond donors (Lipinski definition) is 2. The Kier molecular flexibility index (Phi) is 9.37. The molecule has 0 spiro atoms. The summed E-state index contributed by atoms with van der Waals surface area (Å²) in [6, 6.07) is 0. The SMILES string of the molecule is CCCCCCC(CC(=O)OO)CC(=O)OO. The van der Waals surface area contributed by atoms with E-state index in [9.17, 15) is 9.59 Å². The van der Waals surface area contributed by atoms with E-state index in [0.717, 1.165) is 25.7 Å². The molecule has 0 saturated carbocycles. The maximum Gasteiger partial charge on any atom is 0.342 e. The first kappa shape index (κ1) is 15.9.